The van der Waals surface area contributed by atoms with Crippen LogP contribution in [0.4, 0.5) is 0 Å². The molecule has 0 bridgehead atoms. The zero-order chi connectivity index (χ0) is 13.4. The van der Waals surface area contributed by atoms with Gasteiger partial charge in [-0.05, 0) is 35.7 Å². The van der Waals surface area contributed by atoms with Crippen molar-refractivity contribution in [3.8, 4) is 11.3 Å². The first-order valence-electron chi connectivity index (χ1n) is 6.41. The molecule has 0 aliphatic rings. The lowest BCUT2D eigenvalue weighted by Crippen LogP contribution is -1.91. The maximum Gasteiger partial charge on any atom is 0.113 e. The minimum absolute atomic E-state index is 0.502. The Labute approximate surface area is 112 Å². The van der Waals surface area contributed by atoms with E-state index in [1.54, 1.807) is 4.68 Å². The Morgan fingerprint density at radius 1 is 1.11 bits per heavy atom. The first-order valence-corrected chi connectivity index (χ1v) is 6.41. The molecule has 0 amide bonds. The molecule has 0 aliphatic heterocycles. The van der Waals surface area contributed by atoms with Crippen LogP contribution in [0.15, 0.2) is 36.5 Å². The average molecular weight is 252 g/mol. The predicted molar refractivity (Wildman–Crippen MR) is 75.8 cm³/mol. The van der Waals surface area contributed by atoms with Gasteiger partial charge in [-0.2, -0.15) is 0 Å². The van der Waals surface area contributed by atoms with Gasteiger partial charge in [-0.15, -0.1) is 5.10 Å². The maximum absolute atomic E-state index is 4.45. The van der Waals surface area contributed by atoms with Crippen LogP contribution in [0.2, 0.25) is 0 Å². The molecule has 4 heteroatoms. The molecular formula is C15H16N4. The summed E-state index contributed by atoms with van der Waals surface area (Å²) >= 11 is 0. The van der Waals surface area contributed by atoms with Crippen LogP contribution in [-0.2, 0) is 7.05 Å². The summed E-state index contributed by atoms with van der Waals surface area (Å²) in [4.78, 5) is 4.45. The van der Waals surface area contributed by atoms with Crippen LogP contribution in [-0.4, -0.2) is 20.0 Å². The van der Waals surface area contributed by atoms with Crippen molar-refractivity contribution in [1.29, 1.82) is 0 Å². The van der Waals surface area contributed by atoms with Crippen LogP contribution in [0.5, 0.6) is 0 Å². The van der Waals surface area contributed by atoms with Gasteiger partial charge in [-0.1, -0.05) is 25.1 Å². The Kier molecular flexibility index (Phi) is 2.78. The third-order valence-electron chi connectivity index (χ3n) is 3.36. The van der Waals surface area contributed by atoms with E-state index in [0.29, 0.717) is 5.92 Å². The van der Waals surface area contributed by atoms with Gasteiger partial charge in [0.15, 0.2) is 0 Å². The van der Waals surface area contributed by atoms with Crippen molar-refractivity contribution in [2.24, 2.45) is 7.05 Å². The van der Waals surface area contributed by atoms with Gasteiger partial charge in [0.2, 0.25) is 0 Å². The van der Waals surface area contributed by atoms with Crippen LogP contribution >= 0.6 is 0 Å². The third kappa shape index (κ3) is 2.10. The van der Waals surface area contributed by atoms with Crippen LogP contribution < -0.4 is 0 Å². The molecular weight excluding hydrogens is 236 g/mol. The molecule has 0 aliphatic carbocycles. The lowest BCUT2D eigenvalue weighted by Gasteiger charge is -2.07. The summed E-state index contributed by atoms with van der Waals surface area (Å²) in [6.07, 6.45) is 1.87. The Bertz CT molecular complexity index is 728. The number of benzene rings is 1. The van der Waals surface area contributed by atoms with Gasteiger partial charge >= 0.3 is 0 Å². The van der Waals surface area contributed by atoms with Crippen molar-refractivity contribution in [1.82, 2.24) is 20.0 Å². The molecule has 0 fully saturated rings. The van der Waals surface area contributed by atoms with E-state index in [-0.39, 0.29) is 0 Å². The van der Waals surface area contributed by atoms with Gasteiger partial charge in [0, 0.05) is 18.8 Å². The van der Waals surface area contributed by atoms with Gasteiger partial charge < -0.3 is 0 Å². The summed E-state index contributed by atoms with van der Waals surface area (Å²) in [5.41, 5.74) is 5.29. The summed E-state index contributed by atoms with van der Waals surface area (Å²) in [7, 11) is 1.90. The minimum Gasteiger partial charge on any atom is -0.256 e. The molecule has 0 saturated carbocycles. The highest BCUT2D eigenvalue weighted by atomic mass is 15.4. The zero-order valence-corrected chi connectivity index (χ0v) is 11.3. The fraction of sp³-hybridized carbons (Fsp3) is 0.267. The number of hydrogen-bond acceptors (Lipinski definition) is 3. The SMILES string of the molecule is CC(C)c1ccnc(-c2ccc3c(c2)nnn3C)c1. The lowest BCUT2D eigenvalue weighted by molar-refractivity contribution is 0.736. The molecule has 19 heavy (non-hydrogen) atoms. The van der Waals surface area contributed by atoms with Crippen molar-refractivity contribution in [2.45, 2.75) is 19.8 Å². The highest BCUT2D eigenvalue weighted by molar-refractivity contribution is 5.80. The Hall–Kier alpha value is -2.23. The number of fused-ring (bicyclic) bond motifs is 1. The fourth-order valence-electron chi connectivity index (χ4n) is 2.16. The van der Waals surface area contributed by atoms with E-state index in [1.165, 1.54) is 5.56 Å². The monoisotopic (exact) mass is 252 g/mol. The molecule has 0 radical (unpaired) electrons. The van der Waals surface area contributed by atoms with Crippen molar-refractivity contribution in [2.75, 3.05) is 0 Å². The Morgan fingerprint density at radius 2 is 1.95 bits per heavy atom. The molecule has 0 unspecified atom stereocenters. The average Bonchev–Trinajstić information content (AvgIpc) is 2.80. The first kappa shape index (κ1) is 11.8. The van der Waals surface area contributed by atoms with Crippen molar-refractivity contribution in [3.63, 3.8) is 0 Å². The van der Waals surface area contributed by atoms with Crippen molar-refractivity contribution < 1.29 is 0 Å². The van der Waals surface area contributed by atoms with Gasteiger partial charge in [0.05, 0.1) is 11.2 Å². The molecule has 3 aromatic rings. The van der Waals surface area contributed by atoms with Crippen molar-refractivity contribution >= 4 is 11.0 Å². The highest BCUT2D eigenvalue weighted by Gasteiger charge is 2.07. The number of aromatic nitrogens is 4. The topological polar surface area (TPSA) is 43.6 Å². The number of nitrogens with zero attached hydrogens (tertiary/aromatic N) is 4. The molecule has 1 aromatic carbocycles. The van der Waals surface area contributed by atoms with E-state index in [9.17, 15) is 0 Å². The van der Waals surface area contributed by atoms with Gasteiger partial charge in [0.1, 0.15) is 5.52 Å². The Balaban J connectivity index is 2.10. The molecule has 0 saturated heterocycles. The normalized spacial score (nSPS) is 11.4. The largest absolute Gasteiger partial charge is 0.256 e. The number of rotatable bonds is 2. The second kappa shape index (κ2) is 4.46. The van der Waals surface area contributed by atoms with E-state index in [2.05, 4.69) is 47.3 Å². The molecule has 2 heterocycles. The summed E-state index contributed by atoms with van der Waals surface area (Å²) < 4.78 is 1.77. The first-order chi connectivity index (χ1) is 9.15. The smallest absolute Gasteiger partial charge is 0.113 e. The Morgan fingerprint density at radius 3 is 2.74 bits per heavy atom. The summed E-state index contributed by atoms with van der Waals surface area (Å²) in [5, 5.41) is 8.17. The summed E-state index contributed by atoms with van der Waals surface area (Å²) in [6, 6.07) is 10.3. The number of hydrogen-bond donors (Lipinski definition) is 0. The summed E-state index contributed by atoms with van der Waals surface area (Å²) in [5.74, 6) is 0.502. The maximum atomic E-state index is 4.45. The van der Waals surface area contributed by atoms with Gasteiger partial charge in [-0.3, -0.25) is 4.98 Å². The van der Waals surface area contributed by atoms with E-state index >= 15 is 0 Å². The van der Waals surface area contributed by atoms with Gasteiger partial charge in [0.25, 0.3) is 0 Å². The van der Waals surface area contributed by atoms with Gasteiger partial charge in [-0.25, -0.2) is 4.68 Å². The van der Waals surface area contributed by atoms with E-state index in [0.717, 1.165) is 22.3 Å². The third-order valence-corrected chi connectivity index (χ3v) is 3.36. The lowest BCUT2D eigenvalue weighted by atomic mass is 10.0. The minimum atomic E-state index is 0.502. The van der Waals surface area contributed by atoms with Crippen molar-refractivity contribution in [3.05, 3.63) is 42.1 Å². The van der Waals surface area contributed by atoms with Crippen LogP contribution in [0.25, 0.3) is 22.3 Å². The fourth-order valence-corrected chi connectivity index (χ4v) is 2.16. The van der Waals surface area contributed by atoms with Crippen LogP contribution in [0.3, 0.4) is 0 Å². The molecule has 2 aromatic heterocycles. The molecule has 0 N–H and O–H groups in total. The second-order valence-electron chi connectivity index (χ2n) is 5.05. The number of aryl methyl sites for hydroxylation is 1. The second-order valence-corrected chi connectivity index (χ2v) is 5.05. The number of pyridine rings is 1. The molecule has 0 spiro atoms. The van der Waals surface area contributed by atoms with E-state index in [4.69, 9.17) is 0 Å². The standard InChI is InChI=1S/C15H16N4/c1-10(2)11-6-7-16-13(8-11)12-4-5-15-14(9-12)17-18-19(15)3/h4-10H,1-3H3. The van der Waals surface area contributed by atoms with Crippen LogP contribution in [0, 0.1) is 0 Å². The quantitative estimate of drug-likeness (QED) is 0.703. The van der Waals surface area contributed by atoms with E-state index in [1.807, 2.05) is 25.4 Å². The zero-order valence-electron chi connectivity index (χ0n) is 11.3. The van der Waals surface area contributed by atoms with Crippen LogP contribution in [0.1, 0.15) is 25.3 Å². The molecule has 4 nitrogen and oxygen atoms in total. The van der Waals surface area contributed by atoms with E-state index < -0.39 is 0 Å². The highest BCUT2D eigenvalue weighted by Crippen LogP contribution is 2.24. The predicted octanol–water partition coefficient (Wildman–Crippen LogP) is 3.15. The molecule has 3 rings (SSSR count). The summed E-state index contributed by atoms with van der Waals surface area (Å²) in [6.45, 7) is 4.37. The molecule has 96 valence electrons. The molecule has 0 atom stereocenters.